The van der Waals surface area contributed by atoms with Gasteiger partial charge in [0, 0.05) is 6.07 Å². The molecule has 5 nitrogen and oxygen atoms in total. The maximum absolute atomic E-state index is 12.8. The van der Waals surface area contributed by atoms with Crippen molar-refractivity contribution in [3.05, 3.63) is 89.0 Å². The molecule has 0 aromatic heterocycles. The van der Waals surface area contributed by atoms with Crippen LogP contribution in [0, 0.1) is 0 Å². The van der Waals surface area contributed by atoms with E-state index in [1.165, 1.54) is 4.90 Å². The maximum Gasteiger partial charge on any atom is 0.266 e. The SMILES string of the molecule is COc1cc(/C=C/c2ccccc2N2C(=O)c3ccccc3C2=O)cc(OC)c1. The van der Waals surface area contributed by atoms with Crippen molar-refractivity contribution < 1.29 is 19.1 Å². The molecule has 0 bridgehead atoms. The van der Waals surface area contributed by atoms with Gasteiger partial charge in [0.1, 0.15) is 11.5 Å². The van der Waals surface area contributed by atoms with Gasteiger partial charge in [-0.25, -0.2) is 4.90 Å². The third kappa shape index (κ3) is 3.38. The van der Waals surface area contributed by atoms with Gasteiger partial charge >= 0.3 is 0 Å². The summed E-state index contributed by atoms with van der Waals surface area (Å²) in [6.07, 6.45) is 3.76. The van der Waals surface area contributed by atoms with Gasteiger partial charge in [-0.3, -0.25) is 9.59 Å². The van der Waals surface area contributed by atoms with Crippen LogP contribution in [-0.4, -0.2) is 26.0 Å². The van der Waals surface area contributed by atoms with Crippen molar-refractivity contribution in [2.45, 2.75) is 0 Å². The van der Waals surface area contributed by atoms with Gasteiger partial charge in [0.05, 0.1) is 31.0 Å². The van der Waals surface area contributed by atoms with E-state index >= 15 is 0 Å². The van der Waals surface area contributed by atoms with E-state index in [2.05, 4.69) is 0 Å². The summed E-state index contributed by atoms with van der Waals surface area (Å²) in [5.41, 5.74) is 3.02. The first kappa shape index (κ1) is 18.5. The molecule has 0 atom stereocenters. The lowest BCUT2D eigenvalue weighted by Gasteiger charge is -2.16. The van der Waals surface area contributed by atoms with Crippen molar-refractivity contribution in [1.29, 1.82) is 0 Å². The first-order valence-corrected chi connectivity index (χ1v) is 9.10. The molecule has 144 valence electrons. The summed E-state index contributed by atoms with van der Waals surface area (Å²) in [4.78, 5) is 26.9. The van der Waals surface area contributed by atoms with E-state index in [1.54, 1.807) is 50.6 Å². The molecule has 2 amide bonds. The molecule has 3 aromatic rings. The van der Waals surface area contributed by atoms with Gasteiger partial charge in [-0.2, -0.15) is 0 Å². The Morgan fingerprint density at radius 3 is 1.86 bits per heavy atom. The summed E-state index contributed by atoms with van der Waals surface area (Å²) in [6.45, 7) is 0. The average Bonchev–Trinajstić information content (AvgIpc) is 3.02. The van der Waals surface area contributed by atoms with Crippen molar-refractivity contribution in [3.63, 3.8) is 0 Å². The van der Waals surface area contributed by atoms with Crippen LogP contribution in [0.3, 0.4) is 0 Å². The van der Waals surface area contributed by atoms with Crippen LogP contribution >= 0.6 is 0 Å². The molecule has 5 heteroatoms. The predicted octanol–water partition coefficient (Wildman–Crippen LogP) is 4.67. The largest absolute Gasteiger partial charge is 0.497 e. The van der Waals surface area contributed by atoms with Crippen molar-refractivity contribution >= 4 is 29.7 Å². The number of nitrogens with zero attached hydrogens (tertiary/aromatic N) is 1. The van der Waals surface area contributed by atoms with Crippen LogP contribution in [0.4, 0.5) is 5.69 Å². The Labute approximate surface area is 168 Å². The highest BCUT2D eigenvalue weighted by molar-refractivity contribution is 6.34. The normalized spacial score (nSPS) is 13.1. The zero-order valence-electron chi connectivity index (χ0n) is 16.1. The molecule has 0 N–H and O–H groups in total. The minimum absolute atomic E-state index is 0.311. The molecule has 1 aliphatic rings. The number of para-hydroxylation sites is 1. The van der Waals surface area contributed by atoms with Crippen molar-refractivity contribution in [3.8, 4) is 11.5 Å². The van der Waals surface area contributed by atoms with Crippen LogP contribution in [0.2, 0.25) is 0 Å². The molecular formula is C24H19NO4. The molecular weight excluding hydrogens is 366 g/mol. The van der Waals surface area contributed by atoms with E-state index in [-0.39, 0.29) is 11.8 Å². The van der Waals surface area contributed by atoms with Gasteiger partial charge in [-0.1, -0.05) is 42.5 Å². The topological polar surface area (TPSA) is 55.8 Å². The van der Waals surface area contributed by atoms with Gasteiger partial charge in [0.15, 0.2) is 0 Å². The van der Waals surface area contributed by atoms with Crippen LogP contribution in [0.1, 0.15) is 31.8 Å². The minimum atomic E-state index is -0.311. The number of rotatable bonds is 5. The molecule has 0 fully saturated rings. The van der Waals surface area contributed by atoms with Gasteiger partial charge < -0.3 is 9.47 Å². The summed E-state index contributed by atoms with van der Waals surface area (Å²) >= 11 is 0. The molecule has 4 rings (SSSR count). The Kier molecular flexibility index (Phi) is 4.87. The van der Waals surface area contributed by atoms with E-state index in [9.17, 15) is 9.59 Å². The molecule has 3 aromatic carbocycles. The first-order valence-electron chi connectivity index (χ1n) is 9.10. The lowest BCUT2D eigenvalue weighted by Crippen LogP contribution is -2.29. The van der Waals surface area contributed by atoms with Crippen molar-refractivity contribution in [2.75, 3.05) is 19.1 Å². The molecule has 1 aliphatic heterocycles. The number of hydrogen-bond donors (Lipinski definition) is 0. The highest BCUT2D eigenvalue weighted by Crippen LogP contribution is 2.32. The summed E-state index contributed by atoms with van der Waals surface area (Å²) in [5.74, 6) is 0.735. The number of hydrogen-bond acceptors (Lipinski definition) is 4. The van der Waals surface area contributed by atoms with Crippen LogP contribution < -0.4 is 14.4 Å². The average molecular weight is 385 g/mol. The number of imide groups is 1. The number of fused-ring (bicyclic) bond motifs is 1. The molecule has 29 heavy (non-hydrogen) atoms. The molecule has 0 unspecified atom stereocenters. The van der Waals surface area contributed by atoms with Crippen LogP contribution in [0.25, 0.3) is 12.2 Å². The lowest BCUT2D eigenvalue weighted by molar-refractivity contribution is 0.0926. The minimum Gasteiger partial charge on any atom is -0.497 e. The van der Waals surface area contributed by atoms with E-state index in [0.717, 1.165) is 11.1 Å². The number of benzene rings is 3. The third-order valence-corrected chi connectivity index (χ3v) is 4.80. The van der Waals surface area contributed by atoms with Gasteiger partial charge in [-0.05, 0) is 41.5 Å². The Morgan fingerprint density at radius 2 is 1.28 bits per heavy atom. The second-order valence-corrected chi connectivity index (χ2v) is 6.53. The zero-order valence-corrected chi connectivity index (χ0v) is 16.1. The Morgan fingerprint density at radius 1 is 0.724 bits per heavy atom. The van der Waals surface area contributed by atoms with E-state index in [1.807, 2.05) is 42.5 Å². The number of anilines is 1. The summed E-state index contributed by atoms with van der Waals surface area (Å²) in [6, 6.07) is 19.7. The molecule has 1 heterocycles. The molecule has 0 spiro atoms. The van der Waals surface area contributed by atoms with Gasteiger partial charge in [-0.15, -0.1) is 0 Å². The smallest absolute Gasteiger partial charge is 0.266 e. The standard InChI is InChI=1S/C24H19NO4/c1-28-18-13-16(14-19(15-18)29-2)11-12-17-7-3-6-10-22(17)25-23(26)20-8-4-5-9-21(20)24(25)27/h3-15H,1-2H3/b12-11+. The van der Waals surface area contributed by atoms with Gasteiger partial charge in [0.25, 0.3) is 11.8 Å². The number of carbonyl (C=O) groups excluding carboxylic acids is 2. The fourth-order valence-corrected chi connectivity index (χ4v) is 3.35. The van der Waals surface area contributed by atoms with E-state index < -0.39 is 0 Å². The number of amides is 2. The lowest BCUT2D eigenvalue weighted by atomic mass is 10.1. The highest BCUT2D eigenvalue weighted by Gasteiger charge is 2.36. The van der Waals surface area contributed by atoms with E-state index in [0.29, 0.717) is 28.3 Å². The number of ether oxygens (including phenoxy) is 2. The second kappa shape index (κ2) is 7.64. The van der Waals surface area contributed by atoms with Crippen LogP contribution in [0.15, 0.2) is 66.7 Å². The van der Waals surface area contributed by atoms with Crippen LogP contribution in [0.5, 0.6) is 11.5 Å². The van der Waals surface area contributed by atoms with E-state index in [4.69, 9.17) is 9.47 Å². The molecule has 0 saturated heterocycles. The monoisotopic (exact) mass is 385 g/mol. The van der Waals surface area contributed by atoms with Crippen molar-refractivity contribution in [1.82, 2.24) is 0 Å². The quantitative estimate of drug-likeness (QED) is 0.473. The third-order valence-electron chi connectivity index (χ3n) is 4.80. The Hall–Kier alpha value is -3.86. The Bertz CT molecular complexity index is 1080. The Balaban J connectivity index is 1.71. The fraction of sp³-hybridized carbons (Fsp3) is 0.0833. The molecule has 0 aliphatic carbocycles. The summed E-state index contributed by atoms with van der Waals surface area (Å²) in [7, 11) is 3.19. The molecule has 0 saturated carbocycles. The summed E-state index contributed by atoms with van der Waals surface area (Å²) < 4.78 is 10.6. The fourth-order valence-electron chi connectivity index (χ4n) is 3.35. The highest BCUT2D eigenvalue weighted by atomic mass is 16.5. The van der Waals surface area contributed by atoms with Gasteiger partial charge in [0.2, 0.25) is 0 Å². The van der Waals surface area contributed by atoms with Crippen LogP contribution in [-0.2, 0) is 0 Å². The van der Waals surface area contributed by atoms with Crippen molar-refractivity contribution in [2.24, 2.45) is 0 Å². The first-order chi connectivity index (χ1) is 14.1. The predicted molar refractivity (Wildman–Crippen MR) is 112 cm³/mol. The maximum atomic E-state index is 12.8. The second-order valence-electron chi connectivity index (χ2n) is 6.53. The number of methoxy groups -OCH3 is 2. The number of carbonyl (C=O) groups is 2. The molecule has 0 radical (unpaired) electrons. The summed E-state index contributed by atoms with van der Waals surface area (Å²) in [5, 5.41) is 0. The zero-order chi connectivity index (χ0) is 20.4.